The van der Waals surface area contributed by atoms with Crippen LogP contribution in [0.2, 0.25) is 0 Å². The van der Waals surface area contributed by atoms with E-state index in [1.165, 1.54) is 20.3 Å². The van der Waals surface area contributed by atoms with Crippen molar-refractivity contribution >= 4 is 22.1 Å². The van der Waals surface area contributed by atoms with E-state index in [-0.39, 0.29) is 11.8 Å². The third-order valence-electron chi connectivity index (χ3n) is 6.75. The van der Waals surface area contributed by atoms with Crippen LogP contribution in [0.4, 0.5) is 8.78 Å². The molecule has 0 unspecified atom stereocenters. The van der Waals surface area contributed by atoms with E-state index in [2.05, 4.69) is 4.74 Å². The highest BCUT2D eigenvalue weighted by Crippen LogP contribution is 2.59. The molecule has 28 heavy (non-hydrogen) atoms. The Morgan fingerprint density at radius 2 is 1.50 bits per heavy atom. The minimum absolute atomic E-state index is 0.259. The second-order valence-corrected chi connectivity index (χ2v) is 10.8. The number of halogens is 2. The van der Waals surface area contributed by atoms with E-state index in [4.69, 9.17) is 9.29 Å². The van der Waals surface area contributed by atoms with Gasteiger partial charge in [-0.05, 0) is 76.5 Å². The zero-order valence-electron chi connectivity index (χ0n) is 16.1. The molecule has 4 aliphatic rings. The minimum atomic E-state index is -5.96. The molecule has 0 aromatic carbocycles. The zero-order chi connectivity index (χ0) is 21.1. The Balaban J connectivity index is 1.64. The van der Waals surface area contributed by atoms with Crippen LogP contribution in [0.3, 0.4) is 0 Å². The Morgan fingerprint density at radius 3 is 1.93 bits per heavy atom. The van der Waals surface area contributed by atoms with Crippen molar-refractivity contribution < 1.29 is 40.8 Å². The fourth-order valence-corrected chi connectivity index (χ4v) is 5.39. The topological polar surface area (TPSA) is 107 Å². The third-order valence-corrected chi connectivity index (χ3v) is 7.56. The van der Waals surface area contributed by atoms with Crippen LogP contribution in [0.1, 0.15) is 52.9 Å². The number of esters is 2. The van der Waals surface area contributed by atoms with E-state index in [1.54, 1.807) is 0 Å². The van der Waals surface area contributed by atoms with Gasteiger partial charge in [0.25, 0.3) is 0 Å². The van der Waals surface area contributed by atoms with E-state index < -0.39 is 44.9 Å². The molecule has 0 saturated heterocycles. The summed E-state index contributed by atoms with van der Waals surface area (Å²) in [5.41, 5.74) is -2.09. The molecule has 0 heterocycles. The van der Waals surface area contributed by atoms with Crippen molar-refractivity contribution in [2.45, 2.75) is 63.7 Å². The molecule has 10 heteroatoms. The largest absolute Gasteiger partial charge is 0.465 e. The number of hydrogen-bond donors (Lipinski definition) is 1. The lowest BCUT2D eigenvalue weighted by molar-refractivity contribution is -0.213. The van der Waals surface area contributed by atoms with Crippen molar-refractivity contribution in [1.29, 1.82) is 0 Å². The van der Waals surface area contributed by atoms with Gasteiger partial charge in [-0.25, -0.2) is 4.79 Å². The first kappa shape index (κ1) is 21.4. The summed E-state index contributed by atoms with van der Waals surface area (Å²) in [5.74, 6) is -1.26. The number of rotatable bonds is 6. The lowest BCUT2D eigenvalue weighted by atomic mass is 9.50. The maximum atomic E-state index is 13.3. The lowest BCUT2D eigenvalue weighted by Gasteiger charge is -2.59. The molecule has 0 atom stereocenters. The number of hydrogen-bond acceptors (Lipinski definition) is 6. The molecule has 7 nitrogen and oxygen atoms in total. The van der Waals surface area contributed by atoms with Crippen LogP contribution in [0, 0.1) is 29.1 Å². The van der Waals surface area contributed by atoms with Crippen molar-refractivity contribution in [3.8, 4) is 0 Å². The maximum Gasteiger partial charge on any atom is 0.465 e. The fourth-order valence-electron chi connectivity index (χ4n) is 5.12. The van der Waals surface area contributed by atoms with Gasteiger partial charge >= 0.3 is 27.3 Å². The molecule has 0 amide bonds. The van der Waals surface area contributed by atoms with Gasteiger partial charge in [-0.2, -0.15) is 17.2 Å². The second kappa shape index (κ2) is 6.62. The molecule has 0 aliphatic heterocycles. The molecular weight excluding hydrogens is 398 g/mol. The van der Waals surface area contributed by atoms with Crippen LogP contribution >= 0.6 is 0 Å². The number of carbonyl (C=O) groups is 2. The number of ether oxygens (including phenoxy) is 2. The molecule has 4 bridgehead atoms. The monoisotopic (exact) mass is 424 g/mol. The van der Waals surface area contributed by atoms with Crippen molar-refractivity contribution in [1.82, 2.24) is 0 Å². The molecule has 0 spiro atoms. The van der Waals surface area contributed by atoms with E-state index >= 15 is 0 Å². The zero-order valence-corrected chi connectivity index (χ0v) is 16.9. The smallest absolute Gasteiger partial charge is 0.459 e. The Kier molecular flexibility index (Phi) is 5.06. The van der Waals surface area contributed by atoms with Crippen molar-refractivity contribution in [3.05, 3.63) is 0 Å². The Hall–Kier alpha value is -1.29. The van der Waals surface area contributed by atoms with Crippen LogP contribution in [0.15, 0.2) is 0 Å². The van der Waals surface area contributed by atoms with Crippen LogP contribution in [-0.4, -0.2) is 42.4 Å². The average Bonchev–Trinajstić information content (AvgIpc) is 2.56. The first-order valence-corrected chi connectivity index (χ1v) is 10.9. The second-order valence-electron chi connectivity index (χ2n) is 9.33. The standard InChI is InChI=1S/C18H26F2O7S/c1-16(2,9-26-15(22)18(19,20)28(23,24)25)14(21)27-17(3)12-5-10-4-11(7-12)8-13(17)6-10/h10-13H,4-9H2,1-3H3,(H,23,24,25). The maximum absolute atomic E-state index is 13.3. The summed E-state index contributed by atoms with van der Waals surface area (Å²) in [6.07, 6.45) is 5.26. The van der Waals surface area contributed by atoms with E-state index in [1.807, 2.05) is 6.92 Å². The van der Waals surface area contributed by atoms with Gasteiger partial charge in [0.05, 0.1) is 5.41 Å². The number of carbonyl (C=O) groups excluding carboxylic acids is 2. The molecule has 0 radical (unpaired) electrons. The molecule has 0 aromatic rings. The molecule has 4 rings (SSSR count). The van der Waals surface area contributed by atoms with Crippen LogP contribution in [-0.2, 0) is 29.2 Å². The highest BCUT2D eigenvalue weighted by Gasteiger charge is 2.58. The van der Waals surface area contributed by atoms with Gasteiger partial charge in [0, 0.05) is 0 Å². The number of alkyl halides is 2. The van der Waals surface area contributed by atoms with Gasteiger partial charge in [0.2, 0.25) is 0 Å². The molecule has 4 aliphatic carbocycles. The van der Waals surface area contributed by atoms with Gasteiger partial charge in [-0.15, -0.1) is 0 Å². The predicted octanol–water partition coefficient (Wildman–Crippen LogP) is 2.79. The SMILES string of the molecule is CC(C)(COC(=O)C(F)(F)S(=O)(=O)O)C(=O)OC1(C)C2CC3CC(C2)CC1C3. The third kappa shape index (κ3) is 3.53. The molecule has 4 saturated carbocycles. The molecular formula is C18H26F2O7S. The van der Waals surface area contributed by atoms with Gasteiger partial charge < -0.3 is 9.47 Å². The van der Waals surface area contributed by atoms with Crippen LogP contribution < -0.4 is 0 Å². The van der Waals surface area contributed by atoms with Crippen molar-refractivity contribution in [3.63, 3.8) is 0 Å². The molecule has 1 N–H and O–H groups in total. The van der Waals surface area contributed by atoms with Crippen molar-refractivity contribution in [2.24, 2.45) is 29.1 Å². The summed E-state index contributed by atoms with van der Waals surface area (Å²) in [4.78, 5) is 24.1. The predicted molar refractivity (Wildman–Crippen MR) is 92.8 cm³/mol. The summed E-state index contributed by atoms with van der Waals surface area (Å²) in [6.45, 7) is 3.86. The fraction of sp³-hybridized carbons (Fsp3) is 0.889. The summed E-state index contributed by atoms with van der Waals surface area (Å²) >= 11 is 0. The van der Waals surface area contributed by atoms with Crippen LogP contribution in [0.25, 0.3) is 0 Å². The highest BCUT2D eigenvalue weighted by atomic mass is 32.2. The van der Waals surface area contributed by atoms with E-state index in [0.29, 0.717) is 11.8 Å². The van der Waals surface area contributed by atoms with Gasteiger partial charge in [0.15, 0.2) is 0 Å². The summed E-state index contributed by atoms with van der Waals surface area (Å²) in [5, 5.41) is -5.10. The van der Waals surface area contributed by atoms with E-state index in [9.17, 15) is 26.8 Å². The van der Waals surface area contributed by atoms with Crippen molar-refractivity contribution in [2.75, 3.05) is 6.61 Å². The normalized spacial score (nSPS) is 34.9. The minimum Gasteiger partial charge on any atom is -0.459 e. The van der Waals surface area contributed by atoms with E-state index in [0.717, 1.165) is 25.7 Å². The average molecular weight is 424 g/mol. The molecule has 4 fully saturated rings. The van der Waals surface area contributed by atoms with Crippen LogP contribution in [0.5, 0.6) is 0 Å². The Labute approximate surface area is 162 Å². The summed E-state index contributed by atoms with van der Waals surface area (Å²) in [7, 11) is -5.96. The molecule has 160 valence electrons. The first-order valence-electron chi connectivity index (χ1n) is 9.42. The summed E-state index contributed by atoms with van der Waals surface area (Å²) in [6, 6.07) is 0. The molecule has 0 aromatic heterocycles. The lowest BCUT2D eigenvalue weighted by Crippen LogP contribution is -2.59. The first-order chi connectivity index (χ1) is 12.7. The van der Waals surface area contributed by atoms with Gasteiger partial charge in [0.1, 0.15) is 12.2 Å². The highest BCUT2D eigenvalue weighted by molar-refractivity contribution is 7.87. The van der Waals surface area contributed by atoms with Gasteiger partial charge in [-0.1, -0.05) is 0 Å². The quantitative estimate of drug-likeness (QED) is 0.516. The van der Waals surface area contributed by atoms with Gasteiger partial charge in [-0.3, -0.25) is 9.35 Å². The Bertz CT molecular complexity index is 747. The summed E-state index contributed by atoms with van der Waals surface area (Å²) < 4.78 is 66.5. The Morgan fingerprint density at radius 1 is 1.04 bits per heavy atom.